The summed E-state index contributed by atoms with van der Waals surface area (Å²) in [7, 11) is 2.20. The van der Waals surface area contributed by atoms with Crippen LogP contribution in [0.1, 0.15) is 51.9 Å². The molecular weight excluding hydrogens is 453 g/mol. The topological polar surface area (TPSA) is 60.0 Å². The highest BCUT2D eigenvalue weighted by atomic mass is 127. The van der Waals surface area contributed by atoms with E-state index in [1.807, 2.05) is 0 Å². The van der Waals surface area contributed by atoms with E-state index >= 15 is 0 Å². The fourth-order valence-corrected chi connectivity index (χ4v) is 4.49. The lowest BCUT2D eigenvalue weighted by atomic mass is 9.97. The number of carbonyl (C=O) groups is 1. The van der Waals surface area contributed by atoms with Crippen molar-refractivity contribution in [2.75, 3.05) is 46.3 Å². The van der Waals surface area contributed by atoms with Crippen LogP contribution < -0.4 is 10.6 Å². The molecule has 156 valence electrons. The quantitative estimate of drug-likeness (QED) is 0.352. The van der Waals surface area contributed by atoms with Crippen molar-refractivity contribution in [3.05, 3.63) is 0 Å². The monoisotopic (exact) mass is 491 g/mol. The minimum Gasteiger partial charge on any atom is -0.357 e. The van der Waals surface area contributed by atoms with E-state index in [1.165, 1.54) is 38.8 Å². The van der Waals surface area contributed by atoms with Crippen LogP contribution in [0.3, 0.4) is 0 Å². The lowest BCUT2D eigenvalue weighted by Crippen LogP contribution is -2.45. The summed E-state index contributed by atoms with van der Waals surface area (Å²) in [6.45, 7) is 7.97. The molecule has 1 unspecified atom stereocenters. The number of nitrogens with zero attached hydrogens (tertiary/aromatic N) is 3. The number of guanidine groups is 1. The Hall–Kier alpha value is -0.570. The Balaban J connectivity index is 0.00000261. The smallest absolute Gasteiger partial charge is 0.225 e. The molecule has 1 amide bonds. The Morgan fingerprint density at radius 2 is 1.78 bits per heavy atom. The first-order valence-electron chi connectivity index (χ1n) is 10.7. The summed E-state index contributed by atoms with van der Waals surface area (Å²) in [5, 5.41) is 6.96. The number of hydrogen-bond donors (Lipinski definition) is 2. The molecule has 3 rings (SSSR count). The van der Waals surface area contributed by atoms with Crippen molar-refractivity contribution in [2.24, 2.45) is 16.8 Å². The minimum absolute atomic E-state index is 0. The summed E-state index contributed by atoms with van der Waals surface area (Å²) in [6.07, 6.45) is 8.14. The summed E-state index contributed by atoms with van der Waals surface area (Å²) in [5.74, 6) is 2.30. The van der Waals surface area contributed by atoms with Gasteiger partial charge in [0.2, 0.25) is 5.91 Å². The van der Waals surface area contributed by atoms with Crippen LogP contribution in [0.15, 0.2) is 4.99 Å². The first-order chi connectivity index (χ1) is 12.7. The molecule has 2 N–H and O–H groups in total. The van der Waals surface area contributed by atoms with Gasteiger partial charge in [0, 0.05) is 38.1 Å². The summed E-state index contributed by atoms with van der Waals surface area (Å²) in [4.78, 5) is 21.9. The summed E-state index contributed by atoms with van der Waals surface area (Å²) in [5.41, 5.74) is 0. The van der Waals surface area contributed by atoms with E-state index in [1.54, 1.807) is 0 Å². The third kappa shape index (κ3) is 6.76. The minimum atomic E-state index is 0. The first-order valence-corrected chi connectivity index (χ1v) is 10.7. The Bertz CT molecular complexity index is 487. The molecule has 1 atom stereocenters. The molecule has 0 aromatic carbocycles. The Kier molecular flexibility index (Phi) is 9.62. The maximum atomic E-state index is 12.6. The van der Waals surface area contributed by atoms with Gasteiger partial charge in [-0.1, -0.05) is 12.8 Å². The second kappa shape index (κ2) is 11.4. The summed E-state index contributed by atoms with van der Waals surface area (Å²) < 4.78 is 0. The summed E-state index contributed by atoms with van der Waals surface area (Å²) in [6, 6.07) is 0.329. The zero-order valence-corrected chi connectivity index (χ0v) is 19.4. The number of nitrogens with one attached hydrogen (secondary N) is 2. The molecule has 0 aromatic rings. The van der Waals surface area contributed by atoms with Gasteiger partial charge in [-0.05, 0) is 65.1 Å². The standard InChI is InChI=1S/C20H37N5O.HI/c1-3-21-20(22-14-16-8-11-24(2)12-9-16)23-18-10-13-25(15-18)19(26)17-6-4-5-7-17;/h16-18H,3-15H2,1-2H3,(H2,21,22,23);1H. The van der Waals surface area contributed by atoms with Gasteiger partial charge in [0.25, 0.3) is 0 Å². The fraction of sp³-hybridized carbons (Fsp3) is 0.900. The highest BCUT2D eigenvalue weighted by Crippen LogP contribution is 2.27. The Labute approximate surface area is 181 Å². The zero-order valence-electron chi connectivity index (χ0n) is 17.1. The molecule has 0 spiro atoms. The van der Waals surface area contributed by atoms with Gasteiger partial charge in [-0.25, -0.2) is 0 Å². The molecule has 6 nitrogen and oxygen atoms in total. The molecule has 2 heterocycles. The molecule has 0 bridgehead atoms. The number of rotatable bonds is 5. The molecule has 2 aliphatic heterocycles. The van der Waals surface area contributed by atoms with Crippen LogP contribution in [0, 0.1) is 11.8 Å². The van der Waals surface area contributed by atoms with Gasteiger partial charge in [0.05, 0.1) is 0 Å². The van der Waals surface area contributed by atoms with E-state index in [4.69, 9.17) is 4.99 Å². The molecule has 3 aliphatic rings. The number of likely N-dealkylation sites (tertiary alicyclic amines) is 2. The van der Waals surface area contributed by atoms with E-state index in [2.05, 4.69) is 34.4 Å². The van der Waals surface area contributed by atoms with Crippen molar-refractivity contribution in [1.29, 1.82) is 0 Å². The number of halogens is 1. The van der Waals surface area contributed by atoms with Gasteiger partial charge in [-0.15, -0.1) is 24.0 Å². The molecule has 7 heteroatoms. The lowest BCUT2D eigenvalue weighted by molar-refractivity contribution is -0.134. The van der Waals surface area contributed by atoms with Gasteiger partial charge in [-0.3, -0.25) is 9.79 Å². The van der Waals surface area contributed by atoms with Crippen LogP contribution in [-0.4, -0.2) is 74.0 Å². The van der Waals surface area contributed by atoms with Crippen molar-refractivity contribution in [1.82, 2.24) is 20.4 Å². The first kappa shape index (κ1) is 22.7. The average Bonchev–Trinajstić information content (AvgIpc) is 3.33. The van der Waals surface area contributed by atoms with Crippen molar-refractivity contribution >= 4 is 35.8 Å². The van der Waals surface area contributed by atoms with Crippen molar-refractivity contribution in [2.45, 2.75) is 57.9 Å². The number of amides is 1. The Morgan fingerprint density at radius 3 is 2.44 bits per heavy atom. The fourth-order valence-electron chi connectivity index (χ4n) is 4.49. The molecule has 2 saturated heterocycles. The predicted molar refractivity (Wildman–Crippen MR) is 122 cm³/mol. The number of piperidine rings is 1. The van der Waals surface area contributed by atoms with Crippen LogP contribution in [0.2, 0.25) is 0 Å². The van der Waals surface area contributed by atoms with Crippen LogP contribution in [0.25, 0.3) is 0 Å². The van der Waals surface area contributed by atoms with Gasteiger partial charge in [0.1, 0.15) is 0 Å². The van der Waals surface area contributed by atoms with Gasteiger partial charge < -0.3 is 20.4 Å². The third-order valence-electron chi connectivity index (χ3n) is 6.24. The number of hydrogen-bond acceptors (Lipinski definition) is 3. The van der Waals surface area contributed by atoms with Crippen LogP contribution in [0.4, 0.5) is 0 Å². The molecule has 1 saturated carbocycles. The largest absolute Gasteiger partial charge is 0.357 e. The highest BCUT2D eigenvalue weighted by Gasteiger charge is 2.32. The number of carbonyl (C=O) groups excluding carboxylic acids is 1. The van der Waals surface area contributed by atoms with E-state index in [9.17, 15) is 4.79 Å². The van der Waals surface area contributed by atoms with Crippen molar-refractivity contribution < 1.29 is 4.79 Å². The van der Waals surface area contributed by atoms with Crippen molar-refractivity contribution in [3.63, 3.8) is 0 Å². The predicted octanol–water partition coefficient (Wildman–Crippen LogP) is 2.29. The SMILES string of the molecule is CCNC(=NCC1CCN(C)CC1)NC1CCN(C(=O)C2CCCC2)C1.I. The molecular formula is C20H38IN5O. The molecule has 27 heavy (non-hydrogen) atoms. The van der Waals surface area contributed by atoms with Crippen molar-refractivity contribution in [3.8, 4) is 0 Å². The maximum Gasteiger partial charge on any atom is 0.225 e. The molecule has 0 radical (unpaired) electrons. The molecule has 0 aromatic heterocycles. The lowest BCUT2D eigenvalue weighted by Gasteiger charge is -2.28. The molecule has 3 fully saturated rings. The van der Waals surface area contributed by atoms with Crippen LogP contribution in [0.5, 0.6) is 0 Å². The average molecular weight is 491 g/mol. The third-order valence-corrected chi connectivity index (χ3v) is 6.24. The van der Waals surface area contributed by atoms with Gasteiger partial charge in [-0.2, -0.15) is 0 Å². The van der Waals surface area contributed by atoms with Gasteiger partial charge >= 0.3 is 0 Å². The van der Waals surface area contributed by atoms with Crippen LogP contribution in [-0.2, 0) is 4.79 Å². The zero-order chi connectivity index (χ0) is 18.4. The number of aliphatic imine (C=N–C) groups is 1. The second-order valence-corrected chi connectivity index (χ2v) is 8.36. The Morgan fingerprint density at radius 1 is 1.07 bits per heavy atom. The van der Waals surface area contributed by atoms with E-state index in [0.29, 0.717) is 23.8 Å². The summed E-state index contributed by atoms with van der Waals surface area (Å²) >= 11 is 0. The second-order valence-electron chi connectivity index (χ2n) is 8.36. The molecule has 1 aliphatic carbocycles. The van der Waals surface area contributed by atoms with Gasteiger partial charge in [0.15, 0.2) is 5.96 Å². The van der Waals surface area contributed by atoms with E-state index in [-0.39, 0.29) is 24.0 Å². The maximum absolute atomic E-state index is 12.6. The van der Waals surface area contributed by atoms with Crippen LogP contribution >= 0.6 is 24.0 Å². The van der Waals surface area contributed by atoms with E-state index < -0.39 is 0 Å². The normalized spacial score (nSPS) is 25.5. The highest BCUT2D eigenvalue weighted by molar-refractivity contribution is 14.0. The van der Waals surface area contributed by atoms with E-state index in [0.717, 1.165) is 51.4 Å².